The van der Waals surface area contributed by atoms with Crippen molar-refractivity contribution in [3.8, 4) is 0 Å². The molecule has 1 unspecified atom stereocenters. The minimum absolute atomic E-state index is 0.0314. The molecule has 0 saturated carbocycles. The van der Waals surface area contributed by atoms with Crippen LogP contribution in [0.5, 0.6) is 0 Å². The predicted molar refractivity (Wildman–Crippen MR) is 84.1 cm³/mol. The van der Waals surface area contributed by atoms with Crippen LogP contribution < -0.4 is 0 Å². The summed E-state index contributed by atoms with van der Waals surface area (Å²) in [4.78, 5) is 0. The molecule has 0 aromatic carbocycles. The third-order valence-electron chi connectivity index (χ3n) is 3.18. The zero-order valence-electron chi connectivity index (χ0n) is 13.3. The third kappa shape index (κ3) is 3.85. The van der Waals surface area contributed by atoms with Crippen molar-refractivity contribution in [1.29, 1.82) is 0 Å². The van der Waals surface area contributed by atoms with Crippen LogP contribution in [0.1, 0.15) is 36.0 Å². The zero-order chi connectivity index (χ0) is 14.7. The molecule has 1 fully saturated rings. The van der Waals surface area contributed by atoms with E-state index in [1.807, 2.05) is 7.85 Å². The summed E-state index contributed by atoms with van der Waals surface area (Å²) in [7, 11) is 1.08. The van der Waals surface area contributed by atoms with Crippen molar-refractivity contribution in [2.45, 2.75) is 69.4 Å². The van der Waals surface area contributed by atoms with Crippen molar-refractivity contribution >= 4 is 27.9 Å². The van der Waals surface area contributed by atoms with Crippen molar-refractivity contribution in [3.05, 3.63) is 0 Å². The second kappa shape index (κ2) is 6.92. The predicted octanol–water partition coefficient (Wildman–Crippen LogP) is 2.86. The summed E-state index contributed by atoms with van der Waals surface area (Å²) in [6.07, 6.45) is -1.37. The SMILES string of the molecule is [2H]C[C@H]1S[C@@H](B)[C@@H](F)[C@@H]1OP(C)N(C(C)C)C(C)C. The number of thioether (sulfide) groups is 1. The number of rotatable bonds is 5. The lowest BCUT2D eigenvalue weighted by Crippen LogP contribution is -2.36. The van der Waals surface area contributed by atoms with Gasteiger partial charge in [0, 0.05) is 23.9 Å². The van der Waals surface area contributed by atoms with Crippen LogP contribution in [0.15, 0.2) is 0 Å². The van der Waals surface area contributed by atoms with Crippen LogP contribution in [0.4, 0.5) is 4.39 Å². The van der Waals surface area contributed by atoms with Gasteiger partial charge in [-0.3, -0.25) is 4.67 Å². The number of halogens is 1. The van der Waals surface area contributed by atoms with Crippen LogP contribution >= 0.6 is 20.1 Å². The van der Waals surface area contributed by atoms with Crippen molar-refractivity contribution in [2.75, 3.05) is 6.66 Å². The Morgan fingerprint density at radius 1 is 1.39 bits per heavy atom. The quantitative estimate of drug-likeness (QED) is 0.571. The van der Waals surface area contributed by atoms with Crippen LogP contribution in [0.2, 0.25) is 0 Å². The highest BCUT2D eigenvalue weighted by Gasteiger charge is 2.42. The Bertz CT molecular complexity index is 282. The summed E-state index contributed by atoms with van der Waals surface area (Å²) < 4.78 is 30.1. The molecule has 1 saturated heterocycles. The van der Waals surface area contributed by atoms with E-state index in [0.29, 0.717) is 12.1 Å². The summed E-state index contributed by atoms with van der Waals surface area (Å²) in [6.45, 7) is 10.8. The van der Waals surface area contributed by atoms with E-state index >= 15 is 0 Å². The second-order valence-electron chi connectivity index (χ2n) is 5.43. The van der Waals surface area contributed by atoms with Crippen molar-refractivity contribution in [2.24, 2.45) is 0 Å². The molecule has 0 amide bonds. The Morgan fingerprint density at radius 2 is 1.94 bits per heavy atom. The molecular formula is C12H26BFNOPS. The number of nitrogens with zero attached hydrogens (tertiary/aromatic N) is 1. The van der Waals surface area contributed by atoms with Crippen LogP contribution in [-0.4, -0.2) is 53.9 Å². The van der Waals surface area contributed by atoms with Gasteiger partial charge in [0.2, 0.25) is 0 Å². The van der Waals surface area contributed by atoms with E-state index < -0.39 is 20.6 Å². The number of alkyl halides is 1. The van der Waals surface area contributed by atoms with Crippen LogP contribution in [-0.2, 0) is 4.52 Å². The molecule has 0 aromatic heterocycles. The summed E-state index contributed by atoms with van der Waals surface area (Å²) >= 11 is 1.56. The first-order valence-electron chi connectivity index (χ1n) is 7.27. The van der Waals surface area contributed by atoms with E-state index in [0.717, 1.165) is 0 Å². The van der Waals surface area contributed by atoms with Gasteiger partial charge in [0.05, 0.1) is 0 Å². The lowest BCUT2D eigenvalue weighted by Gasteiger charge is -2.37. The Balaban J connectivity index is 2.71. The number of hydrogen-bond donors (Lipinski definition) is 0. The maximum atomic E-state index is 14.2. The standard InChI is InChI=1S/C12H26BFNOPS/c1-7(2)15(8(3)4)17(6)16-11-9(5)18-12(13)10(11)14/h7-12H,13H2,1-6H3/t9-,10+,11-,12-,17?/m1/s1/i5D. The molecule has 18 heavy (non-hydrogen) atoms. The summed E-state index contributed by atoms with van der Waals surface area (Å²) in [5.41, 5.74) is 0. The van der Waals surface area contributed by atoms with Gasteiger partial charge in [-0.05, 0) is 34.4 Å². The third-order valence-corrected chi connectivity index (χ3v) is 6.61. The maximum absolute atomic E-state index is 14.2. The van der Waals surface area contributed by atoms with Gasteiger partial charge < -0.3 is 4.52 Å². The van der Waals surface area contributed by atoms with Crippen molar-refractivity contribution in [1.82, 2.24) is 4.67 Å². The van der Waals surface area contributed by atoms with Gasteiger partial charge in [-0.25, -0.2) is 4.39 Å². The first-order valence-corrected chi connectivity index (χ1v) is 9.17. The Hall–Kier alpha value is 0.695. The smallest absolute Gasteiger partial charge is 0.132 e. The molecule has 0 N–H and O–H groups in total. The van der Waals surface area contributed by atoms with Crippen molar-refractivity contribution < 1.29 is 10.3 Å². The second-order valence-corrected chi connectivity index (χ2v) is 8.65. The fourth-order valence-electron chi connectivity index (χ4n) is 2.50. The average molecular weight is 294 g/mol. The summed E-state index contributed by atoms with van der Waals surface area (Å²) in [6, 6.07) is 0.769. The maximum Gasteiger partial charge on any atom is 0.132 e. The van der Waals surface area contributed by atoms with E-state index in [4.69, 9.17) is 5.89 Å². The lowest BCUT2D eigenvalue weighted by molar-refractivity contribution is 0.118. The normalized spacial score (nSPS) is 35.5. The van der Waals surface area contributed by atoms with Crippen LogP contribution in [0, 0.1) is 0 Å². The molecule has 1 heterocycles. The van der Waals surface area contributed by atoms with Gasteiger partial charge in [0.1, 0.15) is 28.4 Å². The van der Waals surface area contributed by atoms with E-state index in [9.17, 15) is 4.39 Å². The molecule has 0 aromatic rings. The lowest BCUT2D eigenvalue weighted by atomic mass is 9.96. The minimum Gasteiger partial charge on any atom is -0.336 e. The zero-order valence-corrected chi connectivity index (χ0v) is 14.0. The molecule has 106 valence electrons. The first kappa shape index (κ1) is 15.1. The molecule has 5 atom stereocenters. The first-order chi connectivity index (χ1) is 8.79. The fourth-order valence-corrected chi connectivity index (χ4v) is 5.83. The van der Waals surface area contributed by atoms with Crippen molar-refractivity contribution in [3.63, 3.8) is 0 Å². The molecule has 0 aliphatic carbocycles. The van der Waals surface area contributed by atoms with Crippen LogP contribution in [0.3, 0.4) is 0 Å². The monoisotopic (exact) mass is 294 g/mol. The van der Waals surface area contributed by atoms with E-state index in [1.54, 1.807) is 11.8 Å². The highest BCUT2D eigenvalue weighted by molar-refractivity contribution is 8.02. The average Bonchev–Trinajstić information content (AvgIpc) is 2.55. The Morgan fingerprint density at radius 3 is 2.39 bits per heavy atom. The molecule has 0 radical (unpaired) electrons. The van der Waals surface area contributed by atoms with Gasteiger partial charge >= 0.3 is 0 Å². The van der Waals surface area contributed by atoms with Crippen LogP contribution in [0.25, 0.3) is 0 Å². The highest BCUT2D eigenvalue weighted by atomic mass is 32.2. The molecular weight excluding hydrogens is 267 g/mol. The van der Waals surface area contributed by atoms with E-state index in [1.165, 1.54) is 0 Å². The molecule has 6 heteroatoms. The largest absolute Gasteiger partial charge is 0.336 e. The molecule has 0 spiro atoms. The Kier molecular flexibility index (Phi) is 5.80. The van der Waals surface area contributed by atoms with Gasteiger partial charge in [0.15, 0.2) is 0 Å². The topological polar surface area (TPSA) is 12.5 Å². The molecule has 2 nitrogen and oxygen atoms in total. The van der Waals surface area contributed by atoms with Gasteiger partial charge in [-0.1, -0.05) is 6.90 Å². The van der Waals surface area contributed by atoms with Gasteiger partial charge in [-0.15, -0.1) is 0 Å². The summed E-state index contributed by atoms with van der Waals surface area (Å²) in [5, 5.41) is -0.0913. The van der Waals surface area contributed by atoms with Gasteiger partial charge in [-0.2, -0.15) is 11.8 Å². The highest BCUT2D eigenvalue weighted by Crippen LogP contribution is 2.47. The van der Waals surface area contributed by atoms with E-state index in [-0.39, 0.29) is 17.3 Å². The molecule has 1 rings (SSSR count). The number of hydrogen-bond acceptors (Lipinski definition) is 3. The summed E-state index contributed by atoms with van der Waals surface area (Å²) in [5.74, 6) is 0. The fraction of sp³-hybridized carbons (Fsp3) is 1.00. The molecule has 1 aliphatic heterocycles. The Labute approximate surface area is 119 Å². The molecule has 1 aliphatic rings. The molecule has 0 bridgehead atoms. The van der Waals surface area contributed by atoms with Gasteiger partial charge in [0.25, 0.3) is 0 Å². The van der Waals surface area contributed by atoms with E-state index in [2.05, 4.69) is 39.0 Å². The minimum atomic E-state index is -0.952.